The summed E-state index contributed by atoms with van der Waals surface area (Å²) in [7, 11) is 3.17. The van der Waals surface area contributed by atoms with Gasteiger partial charge in [-0.3, -0.25) is 4.79 Å². The molecule has 2 aromatic carbocycles. The van der Waals surface area contributed by atoms with E-state index in [4.69, 9.17) is 21.1 Å². The Balaban J connectivity index is 1.61. The normalized spacial score (nSPS) is 15.0. The van der Waals surface area contributed by atoms with Gasteiger partial charge < -0.3 is 19.3 Å². The van der Waals surface area contributed by atoms with E-state index in [9.17, 15) is 4.79 Å². The fourth-order valence-electron chi connectivity index (χ4n) is 3.26. The topological polar surface area (TPSA) is 43.2 Å². The highest BCUT2D eigenvalue weighted by atomic mass is 35.5. The standard InChI is InChI=1S/C20H23ClN2O3/c1-25-17-7-8-20(26-2)18(13-17)19(24)14-22-9-11-23(12-10-22)16-5-3-15(21)4-6-16/h3-8,13H,9-12,14H2,1-2H3/p+1. The maximum atomic E-state index is 12.8. The van der Waals surface area contributed by atoms with Gasteiger partial charge in [-0.1, -0.05) is 11.6 Å². The van der Waals surface area contributed by atoms with Crippen molar-refractivity contribution < 1.29 is 19.2 Å². The molecular weight excluding hydrogens is 352 g/mol. The summed E-state index contributed by atoms with van der Waals surface area (Å²) in [5.74, 6) is 1.34. The quantitative estimate of drug-likeness (QED) is 0.784. The van der Waals surface area contributed by atoms with Gasteiger partial charge in [-0.15, -0.1) is 0 Å². The molecule has 2 aromatic rings. The monoisotopic (exact) mass is 375 g/mol. The minimum Gasteiger partial charge on any atom is -0.497 e. The molecule has 0 saturated carbocycles. The molecule has 5 nitrogen and oxygen atoms in total. The molecule has 1 fully saturated rings. The minimum atomic E-state index is 0.0793. The summed E-state index contributed by atoms with van der Waals surface area (Å²) in [5.41, 5.74) is 1.76. The Morgan fingerprint density at radius 1 is 1.08 bits per heavy atom. The van der Waals surface area contributed by atoms with Gasteiger partial charge in [-0.05, 0) is 42.5 Å². The van der Waals surface area contributed by atoms with Crippen molar-refractivity contribution in [2.75, 3.05) is 51.8 Å². The predicted molar refractivity (Wildman–Crippen MR) is 103 cm³/mol. The number of ketones is 1. The number of nitrogens with zero attached hydrogens (tertiary/aromatic N) is 1. The minimum absolute atomic E-state index is 0.0793. The molecule has 0 atom stereocenters. The zero-order valence-electron chi connectivity index (χ0n) is 15.1. The molecule has 26 heavy (non-hydrogen) atoms. The number of rotatable bonds is 6. The molecule has 6 heteroatoms. The number of methoxy groups -OCH3 is 2. The molecule has 0 bridgehead atoms. The summed E-state index contributed by atoms with van der Waals surface area (Å²) < 4.78 is 10.6. The summed E-state index contributed by atoms with van der Waals surface area (Å²) in [6.45, 7) is 4.12. The number of piperazine rings is 1. The zero-order valence-corrected chi connectivity index (χ0v) is 15.9. The van der Waals surface area contributed by atoms with Gasteiger partial charge in [0.25, 0.3) is 0 Å². The molecule has 0 aliphatic carbocycles. The van der Waals surface area contributed by atoms with Crippen LogP contribution >= 0.6 is 11.6 Å². The lowest BCUT2D eigenvalue weighted by Gasteiger charge is -2.33. The van der Waals surface area contributed by atoms with E-state index in [1.807, 2.05) is 24.3 Å². The Morgan fingerprint density at radius 2 is 1.77 bits per heavy atom. The number of halogens is 1. The van der Waals surface area contributed by atoms with Crippen LogP contribution in [0.15, 0.2) is 42.5 Å². The molecule has 1 aliphatic rings. The fraction of sp³-hybridized carbons (Fsp3) is 0.350. The number of benzene rings is 2. The lowest BCUT2D eigenvalue weighted by molar-refractivity contribution is -0.892. The first-order chi connectivity index (χ1) is 12.6. The summed E-state index contributed by atoms with van der Waals surface area (Å²) in [5, 5.41) is 0.746. The van der Waals surface area contributed by atoms with Gasteiger partial charge in [0, 0.05) is 10.7 Å². The SMILES string of the molecule is COc1ccc(OC)c(C(=O)C[NH+]2CCN(c3ccc(Cl)cc3)CC2)c1. The van der Waals surface area contributed by atoms with Crippen molar-refractivity contribution >= 4 is 23.1 Å². The summed E-state index contributed by atoms with van der Waals surface area (Å²) in [4.78, 5) is 16.4. The van der Waals surface area contributed by atoms with E-state index in [0.717, 1.165) is 31.2 Å². The van der Waals surface area contributed by atoms with E-state index in [0.29, 0.717) is 23.6 Å². The third kappa shape index (κ3) is 4.29. The first-order valence-electron chi connectivity index (χ1n) is 8.70. The summed E-state index contributed by atoms with van der Waals surface area (Å²) in [6, 6.07) is 13.2. The summed E-state index contributed by atoms with van der Waals surface area (Å²) in [6.07, 6.45) is 0. The Bertz CT molecular complexity index is 756. The molecule has 0 radical (unpaired) electrons. The number of Topliss-reactive ketones (excluding diaryl/α,β-unsaturated/α-hetero) is 1. The number of hydrogen-bond donors (Lipinski definition) is 1. The zero-order chi connectivity index (χ0) is 18.5. The van der Waals surface area contributed by atoms with E-state index < -0.39 is 0 Å². The van der Waals surface area contributed by atoms with Crippen LogP contribution in [0.5, 0.6) is 11.5 Å². The molecule has 1 aliphatic heterocycles. The van der Waals surface area contributed by atoms with Gasteiger partial charge in [0.2, 0.25) is 5.78 Å². The van der Waals surface area contributed by atoms with E-state index in [-0.39, 0.29) is 5.78 Å². The number of carbonyl (C=O) groups excluding carboxylic acids is 1. The molecule has 0 aromatic heterocycles. The van der Waals surface area contributed by atoms with Crippen LogP contribution in [0.4, 0.5) is 5.69 Å². The summed E-state index contributed by atoms with van der Waals surface area (Å²) >= 11 is 5.96. The van der Waals surface area contributed by atoms with Crippen LogP contribution in [0.1, 0.15) is 10.4 Å². The molecule has 1 N–H and O–H groups in total. The first-order valence-corrected chi connectivity index (χ1v) is 9.08. The Kier molecular flexibility index (Phi) is 6.01. The highest BCUT2D eigenvalue weighted by Gasteiger charge is 2.24. The van der Waals surface area contributed by atoms with E-state index in [1.54, 1.807) is 32.4 Å². The number of nitrogens with one attached hydrogen (secondary N) is 1. The Labute approximate surface area is 159 Å². The van der Waals surface area contributed by atoms with Gasteiger partial charge in [0.05, 0.1) is 46.0 Å². The second kappa shape index (κ2) is 8.43. The molecule has 138 valence electrons. The van der Waals surface area contributed by atoms with Gasteiger partial charge in [0.15, 0.2) is 0 Å². The highest BCUT2D eigenvalue weighted by molar-refractivity contribution is 6.30. The van der Waals surface area contributed by atoms with Gasteiger partial charge in [-0.25, -0.2) is 0 Å². The molecule has 0 unspecified atom stereocenters. The van der Waals surface area contributed by atoms with E-state index >= 15 is 0 Å². The second-order valence-corrected chi connectivity index (χ2v) is 6.82. The van der Waals surface area contributed by atoms with Crippen LogP contribution in [0.25, 0.3) is 0 Å². The van der Waals surface area contributed by atoms with Crippen molar-refractivity contribution in [3.63, 3.8) is 0 Å². The maximum Gasteiger partial charge on any atom is 0.220 e. The van der Waals surface area contributed by atoms with Crippen LogP contribution in [0.3, 0.4) is 0 Å². The molecular formula is C20H24ClN2O3+. The number of hydrogen-bond acceptors (Lipinski definition) is 4. The average molecular weight is 376 g/mol. The fourth-order valence-corrected chi connectivity index (χ4v) is 3.39. The van der Waals surface area contributed by atoms with Crippen LogP contribution in [0, 0.1) is 0 Å². The maximum absolute atomic E-state index is 12.8. The van der Waals surface area contributed by atoms with Crippen molar-refractivity contribution in [1.29, 1.82) is 0 Å². The third-order valence-electron chi connectivity index (χ3n) is 4.78. The van der Waals surface area contributed by atoms with Gasteiger partial charge in [-0.2, -0.15) is 0 Å². The third-order valence-corrected chi connectivity index (χ3v) is 5.03. The number of ether oxygens (including phenoxy) is 2. The molecule has 0 amide bonds. The van der Waals surface area contributed by atoms with Crippen molar-refractivity contribution in [3.8, 4) is 11.5 Å². The smallest absolute Gasteiger partial charge is 0.220 e. The van der Waals surface area contributed by atoms with Crippen LogP contribution in [-0.2, 0) is 0 Å². The number of carbonyl (C=O) groups is 1. The number of anilines is 1. The lowest BCUT2D eigenvalue weighted by atomic mass is 10.1. The first kappa shape index (κ1) is 18.5. The number of quaternary nitrogens is 1. The lowest BCUT2D eigenvalue weighted by Crippen LogP contribution is -3.15. The molecule has 0 spiro atoms. The van der Waals surface area contributed by atoms with Gasteiger partial charge in [0.1, 0.15) is 18.0 Å². The largest absolute Gasteiger partial charge is 0.497 e. The van der Waals surface area contributed by atoms with Crippen molar-refractivity contribution in [2.45, 2.75) is 0 Å². The van der Waals surface area contributed by atoms with Crippen molar-refractivity contribution in [1.82, 2.24) is 0 Å². The molecule has 1 heterocycles. The predicted octanol–water partition coefficient (Wildman–Crippen LogP) is 1.95. The highest BCUT2D eigenvalue weighted by Crippen LogP contribution is 2.24. The van der Waals surface area contributed by atoms with Crippen molar-refractivity contribution in [3.05, 3.63) is 53.1 Å². The molecule has 3 rings (SSSR count). The average Bonchev–Trinajstić information content (AvgIpc) is 2.68. The van der Waals surface area contributed by atoms with E-state index in [2.05, 4.69) is 4.90 Å². The molecule has 1 saturated heterocycles. The Morgan fingerprint density at radius 3 is 2.38 bits per heavy atom. The van der Waals surface area contributed by atoms with Crippen LogP contribution in [-0.4, -0.2) is 52.7 Å². The second-order valence-electron chi connectivity index (χ2n) is 6.38. The van der Waals surface area contributed by atoms with Crippen LogP contribution in [0.2, 0.25) is 5.02 Å². The van der Waals surface area contributed by atoms with Crippen LogP contribution < -0.4 is 19.3 Å². The van der Waals surface area contributed by atoms with Crippen molar-refractivity contribution in [2.24, 2.45) is 0 Å². The van der Waals surface area contributed by atoms with Gasteiger partial charge >= 0.3 is 0 Å². The Hall–Kier alpha value is -2.24. The van der Waals surface area contributed by atoms with E-state index in [1.165, 1.54) is 10.6 Å².